The van der Waals surface area contributed by atoms with Gasteiger partial charge in [-0.3, -0.25) is 14.5 Å². The van der Waals surface area contributed by atoms with Gasteiger partial charge in [0.1, 0.15) is 17.9 Å². The number of nitrogens with one attached hydrogen (secondary N) is 2. The van der Waals surface area contributed by atoms with Crippen LogP contribution in [0.1, 0.15) is 32.8 Å². The lowest BCUT2D eigenvalue weighted by atomic mass is 10.0. The molecule has 1 amide bonds. The minimum absolute atomic E-state index is 0.0298. The van der Waals surface area contributed by atoms with Crippen LogP contribution in [0.4, 0.5) is 0 Å². The van der Waals surface area contributed by atoms with Crippen LogP contribution in [0.5, 0.6) is 0 Å². The number of aliphatic imine (C=N–C) groups is 1. The Morgan fingerprint density at radius 1 is 1.13 bits per heavy atom. The van der Waals surface area contributed by atoms with E-state index in [4.69, 9.17) is 4.74 Å². The van der Waals surface area contributed by atoms with Crippen LogP contribution in [0.3, 0.4) is 0 Å². The Morgan fingerprint density at radius 2 is 1.80 bits per heavy atom. The zero-order chi connectivity index (χ0) is 22.5. The molecule has 0 spiro atoms. The number of methoxy groups -OCH3 is 1. The molecule has 0 aliphatic carbocycles. The number of nitrogens with zero attached hydrogens (tertiary/aromatic N) is 1. The lowest BCUT2D eigenvalue weighted by Crippen LogP contribution is -2.44. The van der Waals surface area contributed by atoms with Crippen LogP contribution >= 0.6 is 0 Å². The van der Waals surface area contributed by atoms with Gasteiger partial charge in [-0.2, -0.15) is 0 Å². The number of carbonyl (C=O) groups excluding carboxylic acids is 3. The van der Waals surface area contributed by atoms with Crippen LogP contribution < -0.4 is 10.0 Å². The largest absolute Gasteiger partial charge is 0.467 e. The van der Waals surface area contributed by atoms with E-state index in [2.05, 4.69) is 19.8 Å². The van der Waals surface area contributed by atoms with Gasteiger partial charge in [-0.05, 0) is 31.4 Å². The van der Waals surface area contributed by atoms with E-state index in [1.165, 1.54) is 20.1 Å². The molecule has 0 radical (unpaired) electrons. The molecule has 0 aromatic heterocycles. The zero-order valence-corrected chi connectivity index (χ0v) is 18.0. The number of hydrogen-bond acceptors (Lipinski definition) is 8. The van der Waals surface area contributed by atoms with E-state index in [0.29, 0.717) is 12.0 Å². The molecule has 1 aromatic rings. The molecule has 1 aliphatic heterocycles. The summed E-state index contributed by atoms with van der Waals surface area (Å²) < 4.78 is 36.1. The molecule has 1 heterocycles. The van der Waals surface area contributed by atoms with E-state index in [9.17, 15) is 22.8 Å². The summed E-state index contributed by atoms with van der Waals surface area (Å²) in [5.41, 5.74) is 0.351. The van der Waals surface area contributed by atoms with Crippen molar-refractivity contribution in [3.05, 3.63) is 29.8 Å². The van der Waals surface area contributed by atoms with E-state index in [1.54, 1.807) is 18.2 Å². The first-order valence-corrected chi connectivity index (χ1v) is 10.8. The van der Waals surface area contributed by atoms with Crippen LogP contribution in [0.15, 0.2) is 34.2 Å². The summed E-state index contributed by atoms with van der Waals surface area (Å²) in [4.78, 5) is 40.1. The molecule has 1 aromatic carbocycles. The molecule has 0 saturated heterocycles. The normalized spacial score (nSPS) is 17.6. The third kappa shape index (κ3) is 5.78. The lowest BCUT2D eigenvalue weighted by Gasteiger charge is -2.18. The van der Waals surface area contributed by atoms with Gasteiger partial charge in [-0.25, -0.2) is 18.0 Å². The SMILES string of the molecule is COC(=O)C(CC(C)C)NC(=O)COC(=O)[C@H](C)N=C1NS(=O)(=O)c2ccccc21. The van der Waals surface area contributed by atoms with Gasteiger partial charge in [0.2, 0.25) is 0 Å². The Kier molecular flexibility index (Phi) is 7.54. The van der Waals surface area contributed by atoms with Crippen LogP contribution in [-0.2, 0) is 33.9 Å². The van der Waals surface area contributed by atoms with Crippen LogP contribution in [0, 0.1) is 5.92 Å². The average molecular weight is 439 g/mol. The molecule has 10 nitrogen and oxygen atoms in total. The van der Waals surface area contributed by atoms with E-state index >= 15 is 0 Å². The second-order valence-corrected chi connectivity index (χ2v) is 8.79. The lowest BCUT2D eigenvalue weighted by molar-refractivity contribution is -0.151. The van der Waals surface area contributed by atoms with E-state index in [0.717, 1.165) is 0 Å². The Labute approximate surface area is 175 Å². The van der Waals surface area contributed by atoms with Gasteiger partial charge in [0.05, 0.1) is 12.0 Å². The van der Waals surface area contributed by atoms with Crippen molar-refractivity contribution in [1.82, 2.24) is 10.0 Å². The highest BCUT2D eigenvalue weighted by atomic mass is 32.2. The molecule has 11 heteroatoms. The fourth-order valence-electron chi connectivity index (χ4n) is 2.80. The maximum Gasteiger partial charge on any atom is 0.331 e. The molecule has 2 N–H and O–H groups in total. The number of amidine groups is 1. The first-order valence-electron chi connectivity index (χ1n) is 9.29. The van der Waals surface area contributed by atoms with Crippen molar-refractivity contribution in [1.29, 1.82) is 0 Å². The first-order chi connectivity index (χ1) is 14.0. The molecular weight excluding hydrogens is 414 g/mol. The van der Waals surface area contributed by atoms with Gasteiger partial charge in [-0.15, -0.1) is 0 Å². The van der Waals surface area contributed by atoms with Gasteiger partial charge in [0, 0.05) is 5.56 Å². The van der Waals surface area contributed by atoms with E-state index in [1.807, 2.05) is 13.8 Å². The molecule has 2 atom stereocenters. The van der Waals surface area contributed by atoms with Crippen molar-refractivity contribution in [3.8, 4) is 0 Å². The number of ether oxygens (including phenoxy) is 2. The van der Waals surface area contributed by atoms with Crippen LogP contribution in [-0.4, -0.2) is 57.9 Å². The van der Waals surface area contributed by atoms with Gasteiger partial charge in [-0.1, -0.05) is 26.0 Å². The standard InChI is InChI=1S/C19H25N3O7S/c1-11(2)9-14(19(25)28-4)21-16(23)10-29-18(24)12(3)20-17-13-7-5-6-8-15(13)30(26,27)22-17/h5-8,11-12,14H,9-10H2,1-4H3,(H,20,22)(H,21,23)/t12-,14?/m0/s1. The average Bonchev–Trinajstić information content (AvgIpc) is 2.94. The minimum atomic E-state index is -3.73. The van der Waals surface area contributed by atoms with Crippen molar-refractivity contribution < 1.29 is 32.3 Å². The number of benzene rings is 1. The molecule has 2 rings (SSSR count). The molecule has 164 valence electrons. The summed E-state index contributed by atoms with van der Waals surface area (Å²) in [6.45, 7) is 4.58. The molecule has 0 saturated carbocycles. The number of carbonyl (C=O) groups is 3. The Hall–Kier alpha value is -2.95. The number of amides is 1. The maximum absolute atomic E-state index is 12.2. The molecule has 1 unspecified atom stereocenters. The maximum atomic E-state index is 12.2. The summed E-state index contributed by atoms with van der Waals surface area (Å²) in [5, 5.41) is 2.47. The molecule has 30 heavy (non-hydrogen) atoms. The van der Waals surface area contributed by atoms with Gasteiger partial charge in [0.15, 0.2) is 6.61 Å². The number of esters is 2. The van der Waals surface area contributed by atoms with Crippen molar-refractivity contribution in [3.63, 3.8) is 0 Å². The number of sulfonamides is 1. The molecular formula is C19H25N3O7S. The summed E-state index contributed by atoms with van der Waals surface area (Å²) in [7, 11) is -2.51. The molecule has 1 aliphatic rings. The zero-order valence-electron chi connectivity index (χ0n) is 17.2. The Bertz CT molecular complexity index is 957. The van der Waals surface area contributed by atoms with Gasteiger partial charge in [0.25, 0.3) is 15.9 Å². The molecule has 0 fully saturated rings. The van der Waals surface area contributed by atoms with E-state index < -0.39 is 46.6 Å². The number of rotatable bonds is 8. The number of fused-ring (bicyclic) bond motifs is 1. The highest BCUT2D eigenvalue weighted by Gasteiger charge is 2.31. The smallest absolute Gasteiger partial charge is 0.331 e. The fraction of sp³-hybridized carbons (Fsp3) is 0.474. The highest BCUT2D eigenvalue weighted by Crippen LogP contribution is 2.22. The van der Waals surface area contributed by atoms with Crippen molar-refractivity contribution >= 4 is 33.7 Å². The van der Waals surface area contributed by atoms with E-state index in [-0.39, 0.29) is 16.6 Å². The predicted molar refractivity (Wildman–Crippen MR) is 107 cm³/mol. The summed E-state index contributed by atoms with van der Waals surface area (Å²) in [6.07, 6.45) is 0.371. The van der Waals surface area contributed by atoms with Crippen LogP contribution in [0.25, 0.3) is 0 Å². The Balaban J connectivity index is 1.97. The predicted octanol–water partition coefficient (Wildman–Crippen LogP) is 0.361. The van der Waals surface area contributed by atoms with Crippen LogP contribution in [0.2, 0.25) is 0 Å². The monoisotopic (exact) mass is 439 g/mol. The summed E-state index contributed by atoms with van der Waals surface area (Å²) in [5.74, 6) is -1.91. The second kappa shape index (κ2) is 9.70. The fourth-order valence-corrected chi connectivity index (χ4v) is 4.04. The number of hydrogen-bond donors (Lipinski definition) is 2. The topological polar surface area (TPSA) is 140 Å². The highest BCUT2D eigenvalue weighted by molar-refractivity contribution is 7.90. The van der Waals surface area contributed by atoms with Crippen molar-refractivity contribution in [2.45, 2.75) is 44.2 Å². The molecule has 0 bridgehead atoms. The van der Waals surface area contributed by atoms with Gasteiger partial charge < -0.3 is 14.8 Å². The van der Waals surface area contributed by atoms with Gasteiger partial charge >= 0.3 is 11.9 Å². The third-order valence-electron chi connectivity index (χ3n) is 4.20. The van der Waals surface area contributed by atoms with Crippen molar-refractivity contribution in [2.75, 3.05) is 13.7 Å². The third-order valence-corrected chi connectivity index (χ3v) is 5.60. The second-order valence-electron chi connectivity index (χ2n) is 7.14. The Morgan fingerprint density at radius 3 is 2.43 bits per heavy atom. The summed E-state index contributed by atoms with van der Waals surface area (Å²) >= 11 is 0. The summed E-state index contributed by atoms with van der Waals surface area (Å²) in [6, 6.07) is 4.33. The first kappa shape index (κ1) is 23.3. The van der Waals surface area contributed by atoms with Crippen molar-refractivity contribution in [2.24, 2.45) is 10.9 Å². The minimum Gasteiger partial charge on any atom is -0.467 e. The quantitative estimate of drug-likeness (QED) is 0.557.